The molecule has 6 heteroatoms. The second-order valence-corrected chi connectivity index (χ2v) is 5.97. The van der Waals surface area contributed by atoms with Crippen molar-refractivity contribution >= 4 is 17.6 Å². The normalized spacial score (nSPS) is 11.0. The van der Waals surface area contributed by atoms with Crippen LogP contribution in [-0.2, 0) is 9.59 Å². The molecule has 0 saturated heterocycles. The number of carbonyl (C=O) groups is 2. The summed E-state index contributed by atoms with van der Waals surface area (Å²) in [5.74, 6) is 1.08. The van der Waals surface area contributed by atoms with Gasteiger partial charge in [-0.3, -0.25) is 9.59 Å². The molecular formula is C15H25N3O3. The summed E-state index contributed by atoms with van der Waals surface area (Å²) in [7, 11) is 0. The van der Waals surface area contributed by atoms with Crippen molar-refractivity contribution in [1.82, 2.24) is 10.1 Å². The number of nitrogens with one attached hydrogen (secondary N) is 1. The van der Waals surface area contributed by atoms with E-state index in [1.54, 1.807) is 17.9 Å². The zero-order valence-corrected chi connectivity index (χ0v) is 13.5. The van der Waals surface area contributed by atoms with Crippen LogP contribution in [0.1, 0.15) is 39.9 Å². The lowest BCUT2D eigenvalue weighted by atomic mass is 10.1. The minimum absolute atomic E-state index is 0.0119. The molecule has 0 bridgehead atoms. The first-order valence-corrected chi connectivity index (χ1v) is 7.31. The topological polar surface area (TPSA) is 75.4 Å². The predicted octanol–water partition coefficient (Wildman–Crippen LogP) is 2.45. The number of hydrogen-bond donors (Lipinski definition) is 1. The maximum absolute atomic E-state index is 12.2. The van der Waals surface area contributed by atoms with Gasteiger partial charge in [0.25, 0.3) is 0 Å². The van der Waals surface area contributed by atoms with E-state index in [-0.39, 0.29) is 24.3 Å². The van der Waals surface area contributed by atoms with E-state index in [0.29, 0.717) is 24.0 Å². The summed E-state index contributed by atoms with van der Waals surface area (Å²) >= 11 is 0. The summed E-state index contributed by atoms with van der Waals surface area (Å²) in [4.78, 5) is 25.8. The molecule has 0 atom stereocenters. The first kappa shape index (κ1) is 17.2. The van der Waals surface area contributed by atoms with Crippen LogP contribution < -0.4 is 5.32 Å². The minimum Gasteiger partial charge on any atom is -0.360 e. The Labute approximate surface area is 125 Å². The average molecular weight is 295 g/mol. The third kappa shape index (κ3) is 5.97. The molecule has 118 valence electrons. The Morgan fingerprint density at radius 2 is 2.00 bits per heavy atom. The van der Waals surface area contributed by atoms with E-state index in [1.165, 1.54) is 0 Å². The Kier molecular flexibility index (Phi) is 6.39. The van der Waals surface area contributed by atoms with Crippen LogP contribution in [0.5, 0.6) is 0 Å². The molecule has 0 radical (unpaired) electrons. The molecule has 0 aliphatic rings. The highest BCUT2D eigenvalue weighted by Crippen LogP contribution is 2.09. The highest BCUT2D eigenvalue weighted by Gasteiger charge is 2.20. The summed E-state index contributed by atoms with van der Waals surface area (Å²) in [6.07, 6.45) is 0.870. The lowest BCUT2D eigenvalue weighted by Gasteiger charge is -2.24. The van der Waals surface area contributed by atoms with Gasteiger partial charge >= 0.3 is 0 Å². The molecule has 1 aromatic rings. The number of aryl methyl sites for hydroxylation is 1. The van der Waals surface area contributed by atoms with Gasteiger partial charge in [-0.25, -0.2) is 0 Å². The minimum atomic E-state index is -0.263. The van der Waals surface area contributed by atoms with Crippen molar-refractivity contribution in [2.24, 2.45) is 11.8 Å². The second-order valence-electron chi connectivity index (χ2n) is 5.97. The van der Waals surface area contributed by atoms with E-state index < -0.39 is 0 Å². The van der Waals surface area contributed by atoms with Crippen LogP contribution in [-0.4, -0.2) is 35.0 Å². The molecule has 0 aromatic carbocycles. The van der Waals surface area contributed by atoms with Crippen LogP contribution in [0.15, 0.2) is 10.6 Å². The summed E-state index contributed by atoms with van der Waals surface area (Å²) in [5.41, 5.74) is 0. The molecule has 1 rings (SSSR count). The van der Waals surface area contributed by atoms with Crippen molar-refractivity contribution < 1.29 is 14.1 Å². The van der Waals surface area contributed by atoms with Crippen LogP contribution in [0.4, 0.5) is 5.82 Å². The van der Waals surface area contributed by atoms with Gasteiger partial charge in [0.15, 0.2) is 5.82 Å². The van der Waals surface area contributed by atoms with Gasteiger partial charge in [-0.15, -0.1) is 0 Å². The van der Waals surface area contributed by atoms with Gasteiger partial charge in [-0.2, -0.15) is 0 Å². The maximum Gasteiger partial charge on any atom is 0.245 e. The first-order valence-electron chi connectivity index (χ1n) is 7.31. The van der Waals surface area contributed by atoms with Gasteiger partial charge in [0.2, 0.25) is 11.8 Å². The monoisotopic (exact) mass is 295 g/mol. The van der Waals surface area contributed by atoms with Gasteiger partial charge in [-0.05, 0) is 19.3 Å². The zero-order valence-electron chi connectivity index (χ0n) is 13.5. The quantitative estimate of drug-likeness (QED) is 0.838. The summed E-state index contributed by atoms with van der Waals surface area (Å²) in [6, 6.07) is 1.64. The van der Waals surface area contributed by atoms with Crippen LogP contribution in [0.25, 0.3) is 0 Å². The van der Waals surface area contributed by atoms with E-state index >= 15 is 0 Å². The Hall–Kier alpha value is -1.85. The van der Waals surface area contributed by atoms with E-state index in [9.17, 15) is 9.59 Å². The largest absolute Gasteiger partial charge is 0.360 e. The van der Waals surface area contributed by atoms with Crippen molar-refractivity contribution in [2.45, 2.75) is 41.0 Å². The number of nitrogens with zero attached hydrogens (tertiary/aromatic N) is 2. The molecule has 1 aromatic heterocycles. The Balaban J connectivity index is 2.61. The van der Waals surface area contributed by atoms with Crippen LogP contribution >= 0.6 is 0 Å². The molecule has 0 aliphatic heterocycles. The summed E-state index contributed by atoms with van der Waals surface area (Å²) in [5, 5.41) is 6.34. The number of anilines is 1. The Morgan fingerprint density at radius 1 is 1.33 bits per heavy atom. The van der Waals surface area contributed by atoms with Crippen molar-refractivity contribution in [3.63, 3.8) is 0 Å². The van der Waals surface area contributed by atoms with Gasteiger partial charge < -0.3 is 14.7 Å². The number of hydrogen-bond acceptors (Lipinski definition) is 4. The lowest BCUT2D eigenvalue weighted by Crippen LogP contribution is -2.41. The summed E-state index contributed by atoms with van der Waals surface area (Å²) < 4.78 is 4.89. The first-order chi connectivity index (χ1) is 9.79. The van der Waals surface area contributed by atoms with Crippen LogP contribution in [0, 0.1) is 18.8 Å². The fourth-order valence-electron chi connectivity index (χ4n) is 1.83. The number of carbonyl (C=O) groups excluding carboxylic acids is 2. The van der Waals surface area contributed by atoms with Crippen LogP contribution in [0.2, 0.25) is 0 Å². The van der Waals surface area contributed by atoms with Gasteiger partial charge in [0, 0.05) is 18.5 Å². The Bertz CT molecular complexity index is 480. The molecule has 0 fully saturated rings. The predicted molar refractivity (Wildman–Crippen MR) is 80.7 cm³/mol. The molecule has 0 spiro atoms. The molecule has 0 saturated carbocycles. The fraction of sp³-hybridized carbons (Fsp3) is 0.667. The number of aromatic nitrogens is 1. The standard InChI is InChI=1S/C15H25N3O3/c1-10(2)6-7-18(15(20)11(3)4)9-14(19)16-13-8-12(5)21-17-13/h8,10-11H,6-7,9H2,1-5H3,(H,16,17,19). The zero-order chi connectivity index (χ0) is 16.0. The van der Waals surface area contributed by atoms with E-state index in [0.717, 1.165) is 6.42 Å². The Morgan fingerprint density at radius 3 is 2.48 bits per heavy atom. The number of rotatable bonds is 7. The van der Waals surface area contributed by atoms with E-state index in [4.69, 9.17) is 4.52 Å². The maximum atomic E-state index is 12.2. The number of amides is 2. The molecule has 0 aliphatic carbocycles. The summed E-state index contributed by atoms with van der Waals surface area (Å²) in [6.45, 7) is 10.2. The molecular weight excluding hydrogens is 270 g/mol. The third-order valence-corrected chi connectivity index (χ3v) is 3.01. The highest BCUT2D eigenvalue weighted by molar-refractivity contribution is 5.94. The van der Waals surface area contributed by atoms with Crippen molar-refractivity contribution in [3.05, 3.63) is 11.8 Å². The lowest BCUT2D eigenvalue weighted by molar-refractivity contribution is -0.137. The van der Waals surface area contributed by atoms with E-state index in [2.05, 4.69) is 24.3 Å². The molecule has 21 heavy (non-hydrogen) atoms. The molecule has 6 nitrogen and oxygen atoms in total. The van der Waals surface area contributed by atoms with Crippen molar-refractivity contribution in [2.75, 3.05) is 18.4 Å². The smallest absolute Gasteiger partial charge is 0.245 e. The molecule has 1 N–H and O–H groups in total. The van der Waals surface area contributed by atoms with Gasteiger partial charge in [0.05, 0.1) is 6.54 Å². The SMILES string of the molecule is Cc1cc(NC(=O)CN(CCC(C)C)C(=O)C(C)C)no1. The average Bonchev–Trinajstić information content (AvgIpc) is 2.78. The highest BCUT2D eigenvalue weighted by atomic mass is 16.5. The third-order valence-electron chi connectivity index (χ3n) is 3.01. The molecule has 2 amide bonds. The second kappa shape index (κ2) is 7.81. The molecule has 0 unspecified atom stereocenters. The van der Waals surface area contributed by atoms with Gasteiger partial charge in [0.1, 0.15) is 5.76 Å². The van der Waals surface area contributed by atoms with Crippen LogP contribution in [0.3, 0.4) is 0 Å². The van der Waals surface area contributed by atoms with E-state index in [1.807, 2.05) is 13.8 Å². The molecule has 1 heterocycles. The van der Waals surface area contributed by atoms with Gasteiger partial charge in [-0.1, -0.05) is 32.9 Å². The fourth-order valence-corrected chi connectivity index (χ4v) is 1.83. The van der Waals surface area contributed by atoms with Crippen molar-refractivity contribution in [1.29, 1.82) is 0 Å². The van der Waals surface area contributed by atoms with Crippen molar-refractivity contribution in [3.8, 4) is 0 Å².